The number of nitrogens with zero attached hydrogens (tertiary/aromatic N) is 1. The number of benzene rings is 4. The van der Waals surface area contributed by atoms with Crippen molar-refractivity contribution < 1.29 is 47.6 Å². The number of imide groups is 1. The molecule has 0 unspecified atom stereocenters. The first kappa shape index (κ1) is 38.0. The van der Waals surface area contributed by atoms with Crippen LogP contribution in [0.2, 0.25) is 10.0 Å². The van der Waals surface area contributed by atoms with Crippen molar-refractivity contribution in [3.8, 4) is 11.5 Å². The van der Waals surface area contributed by atoms with Gasteiger partial charge in [0.05, 0.1) is 54.5 Å². The molecule has 0 spiro atoms. The van der Waals surface area contributed by atoms with Gasteiger partial charge in [-0.05, 0) is 54.4 Å². The van der Waals surface area contributed by atoms with E-state index in [1.807, 2.05) is 60.7 Å². The lowest BCUT2D eigenvalue weighted by Gasteiger charge is -2.47. The predicted molar refractivity (Wildman–Crippen MR) is 194 cm³/mol. The van der Waals surface area contributed by atoms with Gasteiger partial charge < -0.3 is 33.2 Å². The highest BCUT2D eigenvalue weighted by Crippen LogP contribution is 2.39. The lowest BCUT2D eigenvalue weighted by Crippen LogP contribution is -2.68. The first-order valence-electron chi connectivity index (χ1n) is 16.9. The van der Waals surface area contributed by atoms with E-state index in [2.05, 4.69) is 0 Å². The molecule has 276 valence electrons. The summed E-state index contributed by atoms with van der Waals surface area (Å²) in [5.74, 6) is -1.41. The van der Waals surface area contributed by atoms with E-state index in [4.69, 9.17) is 51.6 Å². The number of Topliss-reactive ketones (excluding diaryl/α,β-unsaturated/α-hetero) is 1. The molecule has 1 fully saturated rings. The molecule has 1 saturated heterocycles. The number of amides is 2. The number of hydrogen-bond acceptors (Lipinski definition) is 10. The standard InChI is InChI=1S/C40H37Cl2NO10/c1-24(44)13-18-34(45)53-36-33(23-49-21-25-9-5-3-6-10-25)52-40(51-28-16-14-27(48-2)15-17-28)35(37(36)50-22-26-11-7-4-8-12-26)43-38(46)29-19-31(41)32(42)20-30(29)39(43)47/h3-12,14-17,19-20,33,35-37,40H,13,18,21-23H2,1-2H3/t33-,35-,36-,37-,40-/m1/s1. The van der Waals surface area contributed by atoms with Gasteiger partial charge in [0.2, 0.25) is 6.29 Å². The van der Waals surface area contributed by atoms with E-state index in [-0.39, 0.29) is 59.6 Å². The summed E-state index contributed by atoms with van der Waals surface area (Å²) >= 11 is 12.6. The van der Waals surface area contributed by atoms with Gasteiger partial charge in [-0.1, -0.05) is 83.9 Å². The van der Waals surface area contributed by atoms with Crippen LogP contribution in [0.25, 0.3) is 0 Å². The maximum atomic E-state index is 14.2. The summed E-state index contributed by atoms with van der Waals surface area (Å²) in [7, 11) is 1.53. The second-order valence-corrected chi connectivity index (χ2v) is 13.4. The fourth-order valence-electron chi connectivity index (χ4n) is 6.16. The smallest absolute Gasteiger partial charge is 0.306 e. The first-order chi connectivity index (χ1) is 25.6. The van der Waals surface area contributed by atoms with Gasteiger partial charge in [0.1, 0.15) is 35.5 Å². The Labute approximate surface area is 316 Å². The largest absolute Gasteiger partial charge is 0.497 e. The second kappa shape index (κ2) is 17.4. The summed E-state index contributed by atoms with van der Waals surface area (Å²) in [5, 5.41) is 0.174. The average molecular weight is 763 g/mol. The molecule has 0 bridgehead atoms. The Hall–Kier alpha value is -4.78. The third-order valence-electron chi connectivity index (χ3n) is 8.81. The topological polar surface area (TPSA) is 127 Å². The van der Waals surface area contributed by atoms with Crippen LogP contribution in [0.1, 0.15) is 51.6 Å². The van der Waals surface area contributed by atoms with E-state index < -0.39 is 48.4 Å². The molecule has 4 aromatic carbocycles. The molecule has 2 aliphatic heterocycles. The molecular formula is C40H37Cl2NO10. The quantitative estimate of drug-likeness (QED) is 0.0938. The summed E-state index contributed by atoms with van der Waals surface area (Å²) < 4.78 is 37.1. The third kappa shape index (κ3) is 9.06. The highest BCUT2D eigenvalue weighted by molar-refractivity contribution is 6.43. The molecule has 0 aromatic heterocycles. The van der Waals surface area contributed by atoms with Crippen molar-refractivity contribution in [2.45, 2.75) is 63.6 Å². The van der Waals surface area contributed by atoms with Crippen molar-refractivity contribution in [2.75, 3.05) is 13.7 Å². The molecule has 11 nitrogen and oxygen atoms in total. The van der Waals surface area contributed by atoms with Crippen LogP contribution in [-0.2, 0) is 41.8 Å². The monoisotopic (exact) mass is 761 g/mol. The lowest BCUT2D eigenvalue weighted by molar-refractivity contribution is -0.272. The maximum Gasteiger partial charge on any atom is 0.306 e. The summed E-state index contributed by atoms with van der Waals surface area (Å²) in [6.07, 6.45) is -5.13. The minimum absolute atomic E-state index is 0.00280. The Morgan fingerprint density at radius 1 is 0.755 bits per heavy atom. The van der Waals surface area contributed by atoms with Crippen LogP contribution in [0.5, 0.6) is 11.5 Å². The molecule has 53 heavy (non-hydrogen) atoms. The normalized spacial score (nSPS) is 20.9. The molecule has 2 aliphatic rings. The Morgan fingerprint density at radius 2 is 1.32 bits per heavy atom. The van der Waals surface area contributed by atoms with Crippen LogP contribution in [0.4, 0.5) is 0 Å². The zero-order chi connectivity index (χ0) is 37.5. The molecule has 5 atom stereocenters. The number of esters is 1. The molecule has 13 heteroatoms. The van der Waals surface area contributed by atoms with E-state index in [1.54, 1.807) is 24.3 Å². The van der Waals surface area contributed by atoms with Gasteiger partial charge in [-0.25, -0.2) is 0 Å². The minimum Gasteiger partial charge on any atom is -0.497 e. The van der Waals surface area contributed by atoms with Gasteiger partial charge in [0.25, 0.3) is 11.8 Å². The summed E-state index contributed by atoms with van der Waals surface area (Å²) in [6, 6.07) is 26.7. The molecule has 2 amide bonds. The van der Waals surface area contributed by atoms with Crippen LogP contribution in [-0.4, -0.2) is 72.8 Å². The van der Waals surface area contributed by atoms with Crippen molar-refractivity contribution in [3.05, 3.63) is 129 Å². The number of rotatable bonds is 15. The van der Waals surface area contributed by atoms with E-state index in [1.165, 1.54) is 26.2 Å². The van der Waals surface area contributed by atoms with Crippen molar-refractivity contribution in [3.63, 3.8) is 0 Å². The van der Waals surface area contributed by atoms with Gasteiger partial charge in [-0.15, -0.1) is 0 Å². The molecule has 6 rings (SSSR count). The number of carbonyl (C=O) groups is 4. The number of ether oxygens (including phenoxy) is 6. The van der Waals surface area contributed by atoms with Gasteiger partial charge in [0, 0.05) is 6.42 Å². The Bertz CT molecular complexity index is 1880. The van der Waals surface area contributed by atoms with E-state index >= 15 is 0 Å². The van der Waals surface area contributed by atoms with Gasteiger partial charge >= 0.3 is 5.97 Å². The molecule has 0 N–H and O–H groups in total. The van der Waals surface area contributed by atoms with Crippen molar-refractivity contribution in [2.24, 2.45) is 0 Å². The fourth-order valence-corrected chi connectivity index (χ4v) is 6.49. The van der Waals surface area contributed by atoms with Crippen molar-refractivity contribution in [1.82, 2.24) is 4.90 Å². The molecule has 2 heterocycles. The van der Waals surface area contributed by atoms with E-state index in [0.29, 0.717) is 11.5 Å². The zero-order valence-corrected chi connectivity index (χ0v) is 30.5. The number of hydrogen-bond donors (Lipinski definition) is 0. The number of methoxy groups -OCH3 is 1. The van der Waals surface area contributed by atoms with Crippen molar-refractivity contribution in [1.29, 1.82) is 0 Å². The Balaban J connectivity index is 1.43. The van der Waals surface area contributed by atoms with Gasteiger partial charge in [-0.2, -0.15) is 0 Å². The second-order valence-electron chi connectivity index (χ2n) is 12.5. The minimum atomic E-state index is -1.37. The SMILES string of the molecule is COc1ccc(O[C@@H]2O[C@H](COCc3ccccc3)[C@@H](OC(=O)CCC(C)=O)[C@H](OCc3ccccc3)[C@H]2N2C(=O)c3cc(Cl)c(Cl)cc3C2=O)cc1. The third-order valence-corrected chi connectivity index (χ3v) is 9.53. The fraction of sp³-hybridized carbons (Fsp3) is 0.300. The Morgan fingerprint density at radius 3 is 1.89 bits per heavy atom. The van der Waals surface area contributed by atoms with Crippen LogP contribution >= 0.6 is 23.2 Å². The molecule has 0 radical (unpaired) electrons. The molecule has 0 aliphatic carbocycles. The first-order valence-corrected chi connectivity index (χ1v) is 17.7. The summed E-state index contributed by atoms with van der Waals surface area (Å²) in [5.41, 5.74) is 1.71. The number of ketones is 1. The molecular weight excluding hydrogens is 725 g/mol. The van der Waals surface area contributed by atoms with Crippen molar-refractivity contribution >= 4 is 46.8 Å². The van der Waals surface area contributed by atoms with Gasteiger partial charge in [0.15, 0.2) is 6.10 Å². The number of carbonyl (C=O) groups excluding carboxylic acids is 4. The highest BCUT2D eigenvalue weighted by Gasteiger charge is 2.57. The molecule has 0 saturated carbocycles. The van der Waals surface area contributed by atoms with Crippen LogP contribution < -0.4 is 9.47 Å². The van der Waals surface area contributed by atoms with Gasteiger partial charge in [-0.3, -0.25) is 19.3 Å². The predicted octanol–water partition coefficient (Wildman–Crippen LogP) is 6.85. The zero-order valence-electron chi connectivity index (χ0n) is 28.9. The lowest BCUT2D eigenvalue weighted by atomic mass is 9.94. The van der Waals surface area contributed by atoms with Crippen LogP contribution in [0.15, 0.2) is 97.1 Å². The van der Waals surface area contributed by atoms with Crippen LogP contribution in [0.3, 0.4) is 0 Å². The highest BCUT2D eigenvalue weighted by atomic mass is 35.5. The number of halogens is 2. The summed E-state index contributed by atoms with van der Waals surface area (Å²) in [4.78, 5) is 54.6. The van der Waals surface area contributed by atoms with E-state index in [0.717, 1.165) is 16.0 Å². The Kier molecular flexibility index (Phi) is 12.4. The molecule has 4 aromatic rings. The van der Waals surface area contributed by atoms with Crippen LogP contribution in [0, 0.1) is 0 Å². The average Bonchev–Trinajstić information content (AvgIpc) is 3.39. The number of fused-ring (bicyclic) bond motifs is 1. The summed E-state index contributed by atoms with van der Waals surface area (Å²) in [6.45, 7) is 1.47. The van der Waals surface area contributed by atoms with E-state index in [9.17, 15) is 19.2 Å². The maximum absolute atomic E-state index is 14.2.